The van der Waals surface area contributed by atoms with Crippen LogP contribution in [0.25, 0.3) is 22.0 Å². The lowest BCUT2D eigenvalue weighted by atomic mass is 10.1. The summed E-state index contributed by atoms with van der Waals surface area (Å²) >= 11 is 0. The molecule has 2 saturated heterocycles. The van der Waals surface area contributed by atoms with Gasteiger partial charge in [0.05, 0.1) is 36.7 Å². The summed E-state index contributed by atoms with van der Waals surface area (Å²) in [6.07, 6.45) is 1.27. The molecule has 0 radical (unpaired) electrons. The zero-order valence-electron chi connectivity index (χ0n) is 21.3. The van der Waals surface area contributed by atoms with E-state index in [0.29, 0.717) is 19.2 Å². The molecule has 0 spiro atoms. The Hall–Kier alpha value is -4.21. The van der Waals surface area contributed by atoms with E-state index in [1.807, 2.05) is 62.6 Å². The van der Waals surface area contributed by atoms with Crippen LogP contribution in [-0.2, 0) is 9.47 Å². The Morgan fingerprint density at radius 3 is 2.45 bits per heavy atom. The monoisotopic (exact) mass is 510 g/mol. The quantitative estimate of drug-likeness (QED) is 0.359. The molecule has 194 valence electrons. The number of rotatable bonds is 6. The van der Waals surface area contributed by atoms with E-state index in [1.54, 1.807) is 6.20 Å². The van der Waals surface area contributed by atoms with Crippen molar-refractivity contribution >= 4 is 34.1 Å². The standard InChI is InChI=1S/C29H30N6O3/c1-35(2)20-12-10-19(11-13-20)22-14-15-30-28(31-22)32-24-16-37-27-25(17-38-26(24)27)34-29(36)33-23-9-5-7-18-6-3-4-8-21(18)23/h3-15,24-27H,16-17H2,1-2H3,(H,30,31,32)(H2,33,34,36). The van der Waals surface area contributed by atoms with E-state index >= 15 is 0 Å². The van der Waals surface area contributed by atoms with Gasteiger partial charge in [-0.05, 0) is 29.7 Å². The Morgan fingerprint density at radius 2 is 1.63 bits per heavy atom. The molecule has 3 N–H and O–H groups in total. The summed E-state index contributed by atoms with van der Waals surface area (Å²) in [5.41, 5.74) is 3.74. The summed E-state index contributed by atoms with van der Waals surface area (Å²) in [7, 11) is 4.03. The molecule has 1 aromatic heterocycles. The maximum absolute atomic E-state index is 12.8. The summed E-state index contributed by atoms with van der Waals surface area (Å²) in [6.45, 7) is 0.805. The summed E-state index contributed by atoms with van der Waals surface area (Å²) in [4.78, 5) is 24.0. The van der Waals surface area contributed by atoms with E-state index in [9.17, 15) is 4.79 Å². The van der Waals surface area contributed by atoms with E-state index in [-0.39, 0.29) is 30.3 Å². The maximum atomic E-state index is 12.8. The van der Waals surface area contributed by atoms with Crippen LogP contribution in [0.2, 0.25) is 0 Å². The number of benzene rings is 3. The van der Waals surface area contributed by atoms with Gasteiger partial charge in [0.25, 0.3) is 0 Å². The Kier molecular flexibility index (Phi) is 6.53. The van der Waals surface area contributed by atoms with Crippen LogP contribution in [-0.4, -0.2) is 67.6 Å². The number of amides is 2. The predicted octanol–water partition coefficient (Wildman–Crippen LogP) is 4.13. The van der Waals surface area contributed by atoms with Gasteiger partial charge in [-0.3, -0.25) is 0 Å². The highest BCUT2D eigenvalue weighted by Gasteiger charge is 2.48. The molecule has 2 fully saturated rings. The van der Waals surface area contributed by atoms with Gasteiger partial charge in [0.15, 0.2) is 0 Å². The third-order valence-corrected chi connectivity index (χ3v) is 7.06. The molecule has 0 aliphatic carbocycles. The average Bonchev–Trinajstić information content (AvgIpc) is 3.52. The number of anilines is 3. The summed E-state index contributed by atoms with van der Waals surface area (Å²) in [5.74, 6) is 0.516. The number of urea groups is 1. The first-order chi connectivity index (χ1) is 18.5. The second kappa shape index (κ2) is 10.3. The first-order valence-electron chi connectivity index (χ1n) is 12.7. The Morgan fingerprint density at radius 1 is 0.895 bits per heavy atom. The van der Waals surface area contributed by atoms with Crippen molar-refractivity contribution in [3.63, 3.8) is 0 Å². The SMILES string of the molecule is CN(C)c1ccc(-c2ccnc(NC3COC4C(NC(=O)Nc5cccc6ccccc56)COC34)n2)cc1. The Labute approximate surface area is 221 Å². The second-order valence-electron chi connectivity index (χ2n) is 9.79. The van der Waals surface area contributed by atoms with Crippen LogP contribution in [0.4, 0.5) is 22.1 Å². The number of fused-ring (bicyclic) bond motifs is 2. The van der Waals surface area contributed by atoms with Crippen LogP contribution in [0.5, 0.6) is 0 Å². The molecule has 4 unspecified atom stereocenters. The molecule has 2 aliphatic rings. The van der Waals surface area contributed by atoms with Crippen molar-refractivity contribution < 1.29 is 14.3 Å². The lowest BCUT2D eigenvalue weighted by Gasteiger charge is -2.19. The average molecular weight is 511 g/mol. The van der Waals surface area contributed by atoms with Crippen molar-refractivity contribution in [3.05, 3.63) is 79.0 Å². The van der Waals surface area contributed by atoms with Gasteiger partial charge in [-0.1, -0.05) is 48.5 Å². The Balaban J connectivity index is 1.08. The van der Waals surface area contributed by atoms with Gasteiger partial charge in [-0.15, -0.1) is 0 Å². The van der Waals surface area contributed by atoms with E-state index in [4.69, 9.17) is 14.5 Å². The molecule has 0 saturated carbocycles. The normalized spacial score (nSPS) is 22.2. The highest BCUT2D eigenvalue weighted by atomic mass is 16.6. The number of hydrogen-bond donors (Lipinski definition) is 3. The molecule has 0 bridgehead atoms. The van der Waals surface area contributed by atoms with Crippen LogP contribution >= 0.6 is 0 Å². The zero-order chi connectivity index (χ0) is 26.1. The fraction of sp³-hybridized carbons (Fsp3) is 0.276. The molecule has 38 heavy (non-hydrogen) atoms. The van der Waals surface area contributed by atoms with Crippen LogP contribution in [0.3, 0.4) is 0 Å². The predicted molar refractivity (Wildman–Crippen MR) is 149 cm³/mol. The van der Waals surface area contributed by atoms with Crippen LogP contribution < -0.4 is 20.9 Å². The van der Waals surface area contributed by atoms with Crippen LogP contribution in [0.15, 0.2) is 79.0 Å². The number of aromatic nitrogens is 2. The smallest absolute Gasteiger partial charge is 0.319 e. The number of carbonyl (C=O) groups excluding carboxylic acids is 1. The zero-order valence-corrected chi connectivity index (χ0v) is 21.3. The molecule has 4 aromatic rings. The van der Waals surface area contributed by atoms with Crippen molar-refractivity contribution in [3.8, 4) is 11.3 Å². The highest BCUT2D eigenvalue weighted by Crippen LogP contribution is 2.30. The van der Waals surface area contributed by atoms with E-state index in [0.717, 1.165) is 33.4 Å². The lowest BCUT2D eigenvalue weighted by Crippen LogP contribution is -2.46. The lowest BCUT2D eigenvalue weighted by molar-refractivity contribution is 0.0683. The molecule has 9 nitrogen and oxygen atoms in total. The van der Waals surface area contributed by atoms with E-state index < -0.39 is 0 Å². The number of ether oxygens (including phenoxy) is 2. The molecule has 6 rings (SSSR count). The molecule has 3 aromatic carbocycles. The van der Waals surface area contributed by atoms with Crippen molar-refractivity contribution in [1.29, 1.82) is 0 Å². The summed E-state index contributed by atoms with van der Waals surface area (Å²) < 4.78 is 12.1. The van der Waals surface area contributed by atoms with Gasteiger partial charge in [0, 0.05) is 36.9 Å². The van der Waals surface area contributed by atoms with Gasteiger partial charge in [0.2, 0.25) is 5.95 Å². The van der Waals surface area contributed by atoms with Crippen molar-refractivity contribution in [1.82, 2.24) is 15.3 Å². The van der Waals surface area contributed by atoms with Gasteiger partial charge in [0.1, 0.15) is 12.2 Å². The third kappa shape index (κ3) is 4.85. The molecular formula is C29H30N6O3. The molecule has 9 heteroatoms. The van der Waals surface area contributed by atoms with Crippen LogP contribution in [0.1, 0.15) is 0 Å². The largest absolute Gasteiger partial charge is 0.378 e. The summed E-state index contributed by atoms with van der Waals surface area (Å²) in [6, 6.07) is 23.3. The minimum absolute atomic E-state index is 0.126. The fourth-order valence-electron chi connectivity index (χ4n) is 5.09. The molecule has 2 amide bonds. The number of nitrogens with zero attached hydrogens (tertiary/aromatic N) is 3. The Bertz CT molecular complexity index is 1440. The summed E-state index contributed by atoms with van der Waals surface area (Å²) in [5, 5.41) is 11.4. The number of nitrogens with one attached hydrogen (secondary N) is 3. The minimum atomic E-state index is -0.285. The first kappa shape index (κ1) is 24.1. The van der Waals surface area contributed by atoms with E-state index in [1.165, 1.54) is 0 Å². The molecule has 4 atom stereocenters. The van der Waals surface area contributed by atoms with E-state index in [2.05, 4.69) is 50.1 Å². The fourth-order valence-corrected chi connectivity index (χ4v) is 5.09. The minimum Gasteiger partial charge on any atom is -0.378 e. The van der Waals surface area contributed by atoms with Crippen molar-refractivity contribution in [2.75, 3.05) is 42.8 Å². The van der Waals surface area contributed by atoms with Gasteiger partial charge >= 0.3 is 6.03 Å². The highest BCUT2D eigenvalue weighted by molar-refractivity contribution is 6.01. The van der Waals surface area contributed by atoms with Crippen LogP contribution in [0, 0.1) is 0 Å². The maximum Gasteiger partial charge on any atom is 0.319 e. The number of carbonyl (C=O) groups is 1. The topological polar surface area (TPSA) is 101 Å². The van der Waals surface area contributed by atoms with Crippen molar-refractivity contribution in [2.45, 2.75) is 24.3 Å². The molecular weight excluding hydrogens is 480 g/mol. The third-order valence-electron chi connectivity index (χ3n) is 7.06. The van der Waals surface area contributed by atoms with Gasteiger partial charge in [-0.2, -0.15) is 0 Å². The molecule has 2 aliphatic heterocycles. The van der Waals surface area contributed by atoms with Gasteiger partial charge in [-0.25, -0.2) is 14.8 Å². The molecule has 3 heterocycles. The number of hydrogen-bond acceptors (Lipinski definition) is 7. The second-order valence-corrected chi connectivity index (χ2v) is 9.79. The first-order valence-corrected chi connectivity index (χ1v) is 12.7. The van der Waals surface area contributed by atoms with Gasteiger partial charge < -0.3 is 30.3 Å². The van der Waals surface area contributed by atoms with Crippen molar-refractivity contribution in [2.24, 2.45) is 0 Å².